The Kier molecular flexibility index (Phi) is 3.75. The van der Waals surface area contributed by atoms with E-state index in [9.17, 15) is 0 Å². The van der Waals surface area contributed by atoms with Crippen LogP contribution in [0.25, 0.3) is 0 Å². The molecule has 3 unspecified atom stereocenters. The molecule has 1 aliphatic heterocycles. The lowest BCUT2D eigenvalue weighted by atomic mass is 9.92. The Morgan fingerprint density at radius 2 is 2.19 bits per heavy atom. The van der Waals surface area contributed by atoms with E-state index >= 15 is 0 Å². The second-order valence-corrected chi connectivity index (χ2v) is 5.09. The Labute approximate surface area is 106 Å². The number of benzene rings is 1. The first-order valence-electron chi connectivity index (χ1n) is 5.40. The Bertz CT molecular complexity index is 383. The zero-order chi connectivity index (χ0) is 11.7. The summed E-state index contributed by atoms with van der Waals surface area (Å²) in [6.07, 6.45) is 1.26. The Morgan fingerprint density at radius 1 is 1.44 bits per heavy atom. The smallest absolute Gasteiger partial charge is 0.0640 e. The number of ether oxygens (including phenoxy) is 1. The Balaban J connectivity index is 2.20. The van der Waals surface area contributed by atoms with Gasteiger partial charge in [0, 0.05) is 12.0 Å². The van der Waals surface area contributed by atoms with Gasteiger partial charge in [-0.25, -0.2) is 0 Å². The van der Waals surface area contributed by atoms with Crippen molar-refractivity contribution in [3.05, 3.63) is 33.8 Å². The molecule has 1 fully saturated rings. The third kappa shape index (κ3) is 2.35. The van der Waals surface area contributed by atoms with Crippen LogP contribution in [-0.4, -0.2) is 12.7 Å². The van der Waals surface area contributed by atoms with Gasteiger partial charge in [0.05, 0.1) is 22.8 Å². The van der Waals surface area contributed by atoms with Gasteiger partial charge in [0.25, 0.3) is 0 Å². The SMILES string of the molecule is CC1CC(C(N)c2cccc(Cl)c2Cl)CO1. The quantitative estimate of drug-likeness (QED) is 0.884. The normalized spacial score (nSPS) is 27.0. The van der Waals surface area contributed by atoms with Crippen LogP contribution in [0.3, 0.4) is 0 Å². The summed E-state index contributed by atoms with van der Waals surface area (Å²) in [6.45, 7) is 2.76. The molecule has 2 N–H and O–H groups in total. The van der Waals surface area contributed by atoms with E-state index in [0.29, 0.717) is 22.6 Å². The maximum atomic E-state index is 6.21. The molecular formula is C12H15Cl2NO. The van der Waals surface area contributed by atoms with E-state index in [1.165, 1.54) is 0 Å². The number of halogens is 2. The van der Waals surface area contributed by atoms with Gasteiger partial charge in [0.2, 0.25) is 0 Å². The Hall–Kier alpha value is -0.280. The topological polar surface area (TPSA) is 35.2 Å². The van der Waals surface area contributed by atoms with Gasteiger partial charge in [-0.15, -0.1) is 0 Å². The first-order chi connectivity index (χ1) is 7.59. The molecular weight excluding hydrogens is 245 g/mol. The largest absolute Gasteiger partial charge is 0.378 e. The van der Waals surface area contributed by atoms with Crippen LogP contribution in [0.4, 0.5) is 0 Å². The summed E-state index contributed by atoms with van der Waals surface area (Å²) in [6, 6.07) is 5.48. The highest BCUT2D eigenvalue weighted by Crippen LogP contribution is 2.35. The minimum atomic E-state index is -0.101. The fraction of sp³-hybridized carbons (Fsp3) is 0.500. The molecule has 3 atom stereocenters. The molecule has 0 radical (unpaired) electrons. The van der Waals surface area contributed by atoms with E-state index < -0.39 is 0 Å². The molecule has 0 spiro atoms. The number of nitrogens with two attached hydrogens (primary N) is 1. The van der Waals surface area contributed by atoms with Crippen LogP contribution < -0.4 is 5.73 Å². The highest BCUT2D eigenvalue weighted by molar-refractivity contribution is 6.42. The molecule has 1 heterocycles. The zero-order valence-electron chi connectivity index (χ0n) is 9.12. The molecule has 2 rings (SSSR count). The van der Waals surface area contributed by atoms with Crippen molar-refractivity contribution in [1.82, 2.24) is 0 Å². The average Bonchev–Trinajstić information content (AvgIpc) is 2.68. The van der Waals surface area contributed by atoms with E-state index in [-0.39, 0.29) is 12.1 Å². The molecule has 16 heavy (non-hydrogen) atoms. The maximum absolute atomic E-state index is 6.21. The van der Waals surface area contributed by atoms with Crippen LogP contribution in [-0.2, 0) is 4.74 Å². The summed E-state index contributed by atoms with van der Waals surface area (Å²) in [5, 5.41) is 1.12. The first kappa shape index (κ1) is 12.2. The molecule has 4 heteroatoms. The van der Waals surface area contributed by atoms with E-state index in [1.807, 2.05) is 12.1 Å². The third-order valence-corrected chi connectivity index (χ3v) is 3.91. The van der Waals surface area contributed by atoms with Crippen molar-refractivity contribution in [2.75, 3.05) is 6.61 Å². The van der Waals surface area contributed by atoms with Gasteiger partial charge in [0.1, 0.15) is 0 Å². The van der Waals surface area contributed by atoms with Crippen LogP contribution >= 0.6 is 23.2 Å². The van der Waals surface area contributed by atoms with E-state index in [4.69, 9.17) is 33.7 Å². The van der Waals surface area contributed by atoms with Gasteiger partial charge in [-0.1, -0.05) is 35.3 Å². The van der Waals surface area contributed by atoms with Crippen LogP contribution in [0.15, 0.2) is 18.2 Å². The predicted octanol–water partition coefficient (Wildman–Crippen LogP) is 3.42. The molecule has 0 aromatic heterocycles. The highest BCUT2D eigenvalue weighted by atomic mass is 35.5. The van der Waals surface area contributed by atoms with Crippen molar-refractivity contribution in [3.63, 3.8) is 0 Å². The molecule has 0 bridgehead atoms. The van der Waals surface area contributed by atoms with Crippen molar-refractivity contribution in [1.29, 1.82) is 0 Å². The monoisotopic (exact) mass is 259 g/mol. The Morgan fingerprint density at radius 3 is 2.81 bits per heavy atom. The lowest BCUT2D eigenvalue weighted by molar-refractivity contribution is 0.118. The van der Waals surface area contributed by atoms with E-state index in [0.717, 1.165) is 12.0 Å². The lowest BCUT2D eigenvalue weighted by Gasteiger charge is -2.19. The first-order valence-corrected chi connectivity index (χ1v) is 6.16. The molecule has 1 aromatic carbocycles. The summed E-state index contributed by atoms with van der Waals surface area (Å²) in [7, 11) is 0. The fourth-order valence-corrected chi connectivity index (χ4v) is 2.57. The van der Waals surface area contributed by atoms with Gasteiger partial charge >= 0.3 is 0 Å². The van der Waals surface area contributed by atoms with Crippen molar-refractivity contribution in [2.45, 2.75) is 25.5 Å². The number of hydrogen-bond acceptors (Lipinski definition) is 2. The lowest BCUT2D eigenvalue weighted by Crippen LogP contribution is -2.22. The molecule has 1 aliphatic rings. The van der Waals surface area contributed by atoms with Crippen LogP contribution in [0.2, 0.25) is 10.0 Å². The average molecular weight is 260 g/mol. The van der Waals surface area contributed by atoms with Crippen LogP contribution in [0, 0.1) is 5.92 Å². The van der Waals surface area contributed by atoms with E-state index in [1.54, 1.807) is 6.07 Å². The third-order valence-electron chi connectivity index (χ3n) is 3.08. The second kappa shape index (κ2) is 4.92. The van der Waals surface area contributed by atoms with Crippen molar-refractivity contribution in [3.8, 4) is 0 Å². The van der Waals surface area contributed by atoms with Crippen molar-refractivity contribution in [2.24, 2.45) is 11.7 Å². The van der Waals surface area contributed by atoms with Gasteiger partial charge in [0.15, 0.2) is 0 Å². The summed E-state index contributed by atoms with van der Waals surface area (Å²) >= 11 is 12.1. The minimum absolute atomic E-state index is 0.101. The van der Waals surface area contributed by atoms with Crippen molar-refractivity contribution >= 4 is 23.2 Å². The standard InChI is InChI=1S/C12H15Cl2NO/c1-7-5-8(6-16-7)12(15)9-3-2-4-10(13)11(9)14/h2-4,7-8,12H,5-6,15H2,1H3. The van der Waals surface area contributed by atoms with Crippen molar-refractivity contribution < 1.29 is 4.74 Å². The molecule has 0 aliphatic carbocycles. The van der Waals surface area contributed by atoms with Gasteiger partial charge < -0.3 is 10.5 Å². The van der Waals surface area contributed by atoms with Gasteiger partial charge in [-0.2, -0.15) is 0 Å². The van der Waals surface area contributed by atoms with Crippen LogP contribution in [0.5, 0.6) is 0 Å². The van der Waals surface area contributed by atoms with Crippen LogP contribution in [0.1, 0.15) is 24.9 Å². The second-order valence-electron chi connectivity index (χ2n) is 4.31. The fourth-order valence-electron chi connectivity index (χ4n) is 2.13. The molecule has 0 amide bonds. The molecule has 88 valence electrons. The highest BCUT2D eigenvalue weighted by Gasteiger charge is 2.29. The van der Waals surface area contributed by atoms with Gasteiger partial charge in [-0.3, -0.25) is 0 Å². The molecule has 0 saturated carbocycles. The summed E-state index contributed by atoms with van der Waals surface area (Å²) in [5.74, 6) is 0.325. The van der Waals surface area contributed by atoms with E-state index in [2.05, 4.69) is 6.92 Å². The predicted molar refractivity (Wildman–Crippen MR) is 66.9 cm³/mol. The van der Waals surface area contributed by atoms with Gasteiger partial charge in [-0.05, 0) is 25.0 Å². The summed E-state index contributed by atoms with van der Waals surface area (Å²) in [4.78, 5) is 0. The number of hydrogen-bond donors (Lipinski definition) is 1. The molecule has 2 nitrogen and oxygen atoms in total. The number of rotatable bonds is 2. The summed E-state index contributed by atoms with van der Waals surface area (Å²) in [5.41, 5.74) is 7.12. The maximum Gasteiger partial charge on any atom is 0.0640 e. The molecule has 1 aromatic rings. The minimum Gasteiger partial charge on any atom is -0.378 e. The zero-order valence-corrected chi connectivity index (χ0v) is 10.6. The summed E-state index contributed by atoms with van der Waals surface area (Å²) < 4.78 is 5.52. The molecule has 1 saturated heterocycles.